The molecule has 0 saturated heterocycles. The van der Waals surface area contributed by atoms with Gasteiger partial charge in [0, 0.05) is 38.0 Å². The van der Waals surface area contributed by atoms with E-state index in [9.17, 15) is 28.3 Å². The van der Waals surface area contributed by atoms with Crippen LogP contribution in [-0.2, 0) is 20.9 Å². The predicted molar refractivity (Wildman–Crippen MR) is 138 cm³/mol. The molecular formula is C27H28F2N4O6. The Morgan fingerprint density at radius 1 is 1.05 bits per heavy atom. The maximum atomic E-state index is 14.7. The normalized spacial score (nSPS) is 11.3. The van der Waals surface area contributed by atoms with E-state index >= 15 is 0 Å². The molecule has 39 heavy (non-hydrogen) atoms. The van der Waals surface area contributed by atoms with E-state index in [1.165, 1.54) is 23.2 Å². The van der Waals surface area contributed by atoms with Crippen LogP contribution in [-0.4, -0.2) is 52.6 Å². The number of pyridine rings is 1. The van der Waals surface area contributed by atoms with Gasteiger partial charge in [-0.25, -0.2) is 18.6 Å². The van der Waals surface area contributed by atoms with Gasteiger partial charge in [0.2, 0.25) is 5.91 Å². The zero-order chi connectivity index (χ0) is 28.4. The van der Waals surface area contributed by atoms with E-state index in [1.807, 2.05) is 0 Å². The van der Waals surface area contributed by atoms with Crippen LogP contribution in [0.15, 0.2) is 60.8 Å². The lowest BCUT2D eigenvalue weighted by Gasteiger charge is -2.18. The highest BCUT2D eigenvalue weighted by molar-refractivity contribution is 6.02. The van der Waals surface area contributed by atoms with Crippen molar-refractivity contribution < 1.29 is 37.7 Å². The lowest BCUT2D eigenvalue weighted by atomic mass is 10.2. The van der Waals surface area contributed by atoms with Crippen molar-refractivity contribution in [1.29, 1.82) is 0 Å². The first-order chi connectivity index (χ1) is 18.6. The third-order valence-electron chi connectivity index (χ3n) is 5.27. The van der Waals surface area contributed by atoms with Crippen LogP contribution in [0.5, 0.6) is 11.5 Å². The summed E-state index contributed by atoms with van der Waals surface area (Å²) in [5, 5.41) is 14.0. The average molecular weight is 543 g/mol. The van der Waals surface area contributed by atoms with Crippen LogP contribution in [0.25, 0.3) is 0 Å². The Hall–Kier alpha value is -4.58. The monoisotopic (exact) mass is 542 g/mol. The van der Waals surface area contributed by atoms with Crippen LogP contribution in [0.2, 0.25) is 0 Å². The standard InChI is InChI=1S/C27H28F2N4O6/c1-17(34)9-11-33(2)27(37)32-24-12-19(8-10-30-24)39-23-14-20(28)22(13-21(23)29)31-25(35)15-26(36)38-16-18-6-4-3-5-7-18/h3-8,10,12-14,17,34H,9,11,15-16H2,1-2H3,(H,31,35)(H,30,32,37)/t17-/m0/s1. The van der Waals surface area contributed by atoms with Gasteiger partial charge in [-0.2, -0.15) is 0 Å². The molecule has 0 spiro atoms. The number of rotatable bonds is 11. The largest absolute Gasteiger partial charge is 0.460 e. The fraction of sp³-hybridized carbons (Fsp3) is 0.259. The second kappa shape index (κ2) is 13.8. The number of urea groups is 1. The van der Waals surface area contributed by atoms with Gasteiger partial charge in [0.15, 0.2) is 17.4 Å². The van der Waals surface area contributed by atoms with Crippen molar-refractivity contribution in [3.8, 4) is 11.5 Å². The molecule has 1 aromatic heterocycles. The van der Waals surface area contributed by atoms with Crippen molar-refractivity contribution in [3.63, 3.8) is 0 Å². The Balaban J connectivity index is 1.57. The molecule has 3 amide bonds. The summed E-state index contributed by atoms with van der Waals surface area (Å²) in [5.41, 5.74) is 0.252. The molecule has 1 atom stereocenters. The molecule has 206 valence electrons. The minimum absolute atomic E-state index is 0.0257. The number of aliphatic hydroxyl groups is 1. The third kappa shape index (κ3) is 9.34. The van der Waals surface area contributed by atoms with E-state index in [4.69, 9.17) is 9.47 Å². The van der Waals surface area contributed by atoms with Crippen molar-refractivity contribution in [2.75, 3.05) is 24.2 Å². The SMILES string of the molecule is C[C@H](O)CCN(C)C(=O)Nc1cc(Oc2cc(F)c(NC(=O)CC(=O)OCc3ccccc3)cc2F)ccn1. The van der Waals surface area contributed by atoms with Gasteiger partial charge >= 0.3 is 12.0 Å². The Kier molecular flexibility index (Phi) is 10.3. The van der Waals surface area contributed by atoms with Crippen molar-refractivity contribution in [2.24, 2.45) is 0 Å². The number of esters is 1. The van der Waals surface area contributed by atoms with E-state index in [0.717, 1.165) is 17.7 Å². The number of nitrogens with one attached hydrogen (secondary N) is 2. The fourth-order valence-electron chi connectivity index (χ4n) is 3.17. The molecule has 0 aliphatic heterocycles. The number of carbonyl (C=O) groups is 3. The van der Waals surface area contributed by atoms with Gasteiger partial charge in [0.25, 0.3) is 0 Å². The number of benzene rings is 2. The highest BCUT2D eigenvalue weighted by atomic mass is 19.1. The summed E-state index contributed by atoms with van der Waals surface area (Å²) in [4.78, 5) is 41.7. The van der Waals surface area contributed by atoms with E-state index in [1.54, 1.807) is 44.3 Å². The summed E-state index contributed by atoms with van der Waals surface area (Å²) >= 11 is 0. The van der Waals surface area contributed by atoms with Gasteiger partial charge in [-0.1, -0.05) is 30.3 Å². The van der Waals surface area contributed by atoms with Crippen LogP contribution in [0.1, 0.15) is 25.3 Å². The molecule has 3 rings (SSSR count). The molecular weight excluding hydrogens is 514 g/mol. The van der Waals surface area contributed by atoms with Gasteiger partial charge in [-0.3, -0.25) is 14.9 Å². The molecule has 0 aliphatic carbocycles. The number of aromatic nitrogens is 1. The van der Waals surface area contributed by atoms with Crippen molar-refractivity contribution in [1.82, 2.24) is 9.88 Å². The molecule has 10 nitrogen and oxygen atoms in total. The molecule has 0 radical (unpaired) electrons. The molecule has 3 N–H and O–H groups in total. The Morgan fingerprint density at radius 3 is 2.51 bits per heavy atom. The summed E-state index contributed by atoms with van der Waals surface area (Å²) in [5.74, 6) is -4.02. The molecule has 0 saturated carbocycles. The maximum Gasteiger partial charge on any atom is 0.322 e. The summed E-state index contributed by atoms with van der Waals surface area (Å²) in [6.45, 7) is 1.89. The number of amides is 3. The van der Waals surface area contributed by atoms with E-state index < -0.39 is 53.5 Å². The fourth-order valence-corrected chi connectivity index (χ4v) is 3.17. The second-order valence-corrected chi connectivity index (χ2v) is 8.60. The summed E-state index contributed by atoms with van der Waals surface area (Å²) in [7, 11) is 1.55. The lowest BCUT2D eigenvalue weighted by Crippen LogP contribution is -2.33. The molecule has 3 aromatic rings. The minimum Gasteiger partial charge on any atom is -0.460 e. The Morgan fingerprint density at radius 2 is 1.79 bits per heavy atom. The number of anilines is 2. The van der Waals surface area contributed by atoms with Gasteiger partial charge < -0.3 is 24.8 Å². The molecule has 0 unspecified atom stereocenters. The quantitative estimate of drug-likeness (QED) is 0.241. The molecule has 2 aromatic carbocycles. The maximum absolute atomic E-state index is 14.7. The van der Waals surface area contributed by atoms with E-state index in [-0.39, 0.29) is 18.2 Å². The van der Waals surface area contributed by atoms with Gasteiger partial charge in [0.05, 0.1) is 11.8 Å². The number of ether oxygens (including phenoxy) is 2. The topological polar surface area (TPSA) is 130 Å². The molecule has 0 bridgehead atoms. The van der Waals surface area contributed by atoms with Crippen molar-refractivity contribution in [3.05, 3.63) is 78.0 Å². The summed E-state index contributed by atoms with van der Waals surface area (Å²) in [6, 6.07) is 12.5. The van der Waals surface area contributed by atoms with Crippen LogP contribution in [0, 0.1) is 11.6 Å². The van der Waals surface area contributed by atoms with Crippen LogP contribution < -0.4 is 15.4 Å². The van der Waals surface area contributed by atoms with Gasteiger partial charge in [-0.15, -0.1) is 0 Å². The molecule has 1 heterocycles. The number of nitrogens with zero attached hydrogens (tertiary/aromatic N) is 2. The highest BCUT2D eigenvalue weighted by Crippen LogP contribution is 2.30. The van der Waals surface area contributed by atoms with E-state index in [2.05, 4.69) is 15.6 Å². The highest BCUT2D eigenvalue weighted by Gasteiger charge is 2.17. The Labute approximate surface area is 223 Å². The van der Waals surface area contributed by atoms with E-state index in [0.29, 0.717) is 13.0 Å². The zero-order valence-electron chi connectivity index (χ0n) is 21.3. The second-order valence-electron chi connectivity index (χ2n) is 8.60. The average Bonchev–Trinajstić information content (AvgIpc) is 2.89. The first-order valence-electron chi connectivity index (χ1n) is 11.9. The predicted octanol–water partition coefficient (Wildman–Crippen LogP) is 4.46. The molecule has 12 heteroatoms. The Bertz CT molecular complexity index is 1310. The first kappa shape index (κ1) is 29.0. The molecule has 0 fully saturated rings. The summed E-state index contributed by atoms with van der Waals surface area (Å²) < 4.78 is 39.7. The minimum atomic E-state index is -1.00. The van der Waals surface area contributed by atoms with Crippen molar-refractivity contribution in [2.45, 2.75) is 32.5 Å². The van der Waals surface area contributed by atoms with Gasteiger partial charge in [-0.05, 0) is 25.0 Å². The third-order valence-corrected chi connectivity index (χ3v) is 5.27. The number of halogens is 2. The number of carbonyl (C=O) groups excluding carboxylic acids is 3. The van der Waals surface area contributed by atoms with Crippen LogP contribution >= 0.6 is 0 Å². The van der Waals surface area contributed by atoms with Crippen LogP contribution in [0.4, 0.5) is 25.1 Å². The van der Waals surface area contributed by atoms with Crippen molar-refractivity contribution >= 4 is 29.4 Å². The smallest absolute Gasteiger partial charge is 0.322 e. The number of aliphatic hydroxyl groups excluding tert-OH is 1. The number of hydrogen-bond acceptors (Lipinski definition) is 7. The van der Waals surface area contributed by atoms with Crippen LogP contribution in [0.3, 0.4) is 0 Å². The van der Waals surface area contributed by atoms with Gasteiger partial charge in [0.1, 0.15) is 24.6 Å². The molecule has 0 aliphatic rings. The lowest BCUT2D eigenvalue weighted by molar-refractivity contribution is -0.146. The number of hydrogen-bond donors (Lipinski definition) is 3. The zero-order valence-corrected chi connectivity index (χ0v) is 21.3. The first-order valence-corrected chi connectivity index (χ1v) is 11.9. The summed E-state index contributed by atoms with van der Waals surface area (Å²) in [6.07, 6.45) is 0.443.